The summed E-state index contributed by atoms with van der Waals surface area (Å²) in [6.45, 7) is 1.69. The van der Waals surface area contributed by atoms with Crippen LogP contribution < -0.4 is 37.7 Å². The van der Waals surface area contributed by atoms with Gasteiger partial charge in [-0.3, -0.25) is 0 Å². The largest absolute Gasteiger partial charge is 1.00 e. The molecule has 0 N–H and O–H groups in total. The van der Waals surface area contributed by atoms with E-state index in [0.29, 0.717) is 0 Å². The molecule has 7 heavy (non-hydrogen) atoms. The molecule has 0 saturated carbocycles. The summed E-state index contributed by atoms with van der Waals surface area (Å²) in [4.78, 5) is 17.6. The summed E-state index contributed by atoms with van der Waals surface area (Å²) >= 11 is 0. The molecule has 0 fully saturated rings. The van der Waals surface area contributed by atoms with Crippen molar-refractivity contribution >= 4 is 12.9 Å². The minimum absolute atomic E-state index is 0. The SMILES string of the molecule is O=[C-]O[C-]=O.[Li+].[Li+]. The minimum Gasteiger partial charge on any atom is -0.783 e. The van der Waals surface area contributed by atoms with Gasteiger partial charge in [0.15, 0.2) is 0 Å². The molecule has 0 bridgehead atoms. The maximum atomic E-state index is 8.80. The third-order valence-corrected chi connectivity index (χ3v) is 0.0833. The monoisotopic (exact) mass is 86.0 g/mol. The summed E-state index contributed by atoms with van der Waals surface area (Å²) in [6, 6.07) is 0. The summed E-state index contributed by atoms with van der Waals surface area (Å²) in [6.07, 6.45) is 0. The molecule has 0 atom stereocenters. The summed E-state index contributed by atoms with van der Waals surface area (Å²) in [5, 5.41) is 0. The van der Waals surface area contributed by atoms with Crippen LogP contribution in [0, 0.1) is 0 Å². The molecule has 0 aliphatic rings. The number of rotatable bonds is 2. The zero-order valence-corrected chi connectivity index (χ0v) is 4.22. The molecule has 0 aliphatic carbocycles. The molecule has 0 radical (unpaired) electrons. The fourth-order valence-electron chi connectivity index (χ4n) is 0.0170. The molecule has 28 valence electrons. The third kappa shape index (κ3) is 21.8. The standard InChI is InChI=1S/C2O3.2Li/c3-1-5-2-4;;/q-2;2*+1. The summed E-state index contributed by atoms with van der Waals surface area (Å²) in [5.74, 6) is 0. The average Bonchev–Trinajstić information content (AvgIpc) is 1.41. The van der Waals surface area contributed by atoms with Crippen LogP contribution in [0.15, 0.2) is 0 Å². The Labute approximate surface area is 65.1 Å². The van der Waals surface area contributed by atoms with Gasteiger partial charge < -0.3 is 14.3 Å². The molecule has 0 aromatic carbocycles. The van der Waals surface area contributed by atoms with E-state index in [9.17, 15) is 0 Å². The molecule has 0 unspecified atom stereocenters. The van der Waals surface area contributed by atoms with Crippen LogP contribution in [0.4, 0.5) is 0 Å². The zero-order valence-electron chi connectivity index (χ0n) is 4.22. The van der Waals surface area contributed by atoms with Gasteiger partial charge in [-0.25, -0.2) is 0 Å². The molecule has 0 heterocycles. The van der Waals surface area contributed by atoms with Gasteiger partial charge in [-0.2, -0.15) is 0 Å². The van der Waals surface area contributed by atoms with Crippen molar-refractivity contribution in [2.45, 2.75) is 0 Å². The molecule has 0 saturated heterocycles. The van der Waals surface area contributed by atoms with Gasteiger partial charge in [-0.1, -0.05) is 0 Å². The predicted molar refractivity (Wildman–Crippen MR) is 12.5 cm³/mol. The summed E-state index contributed by atoms with van der Waals surface area (Å²) in [7, 11) is 0. The van der Waals surface area contributed by atoms with E-state index in [4.69, 9.17) is 9.59 Å². The molecular weight excluding hydrogens is 85.9 g/mol. The summed E-state index contributed by atoms with van der Waals surface area (Å²) in [5.41, 5.74) is 0. The van der Waals surface area contributed by atoms with Crippen molar-refractivity contribution in [1.82, 2.24) is 0 Å². The Morgan fingerprint density at radius 3 is 1.29 bits per heavy atom. The van der Waals surface area contributed by atoms with Crippen molar-refractivity contribution in [3.63, 3.8) is 0 Å². The Morgan fingerprint density at radius 2 is 1.29 bits per heavy atom. The minimum atomic E-state index is 0. The van der Waals surface area contributed by atoms with E-state index < -0.39 is 0 Å². The Balaban J connectivity index is -0.0000000800. The van der Waals surface area contributed by atoms with Crippen LogP contribution in [0.2, 0.25) is 0 Å². The molecule has 5 heteroatoms. The second kappa shape index (κ2) is 16.2. The van der Waals surface area contributed by atoms with E-state index in [-0.39, 0.29) is 37.7 Å². The van der Waals surface area contributed by atoms with Crippen molar-refractivity contribution < 1.29 is 52.0 Å². The topological polar surface area (TPSA) is 43.4 Å². The van der Waals surface area contributed by atoms with E-state index in [1.54, 1.807) is 0 Å². The van der Waals surface area contributed by atoms with Crippen LogP contribution in [0.5, 0.6) is 0 Å². The molecule has 0 aromatic heterocycles. The number of ether oxygens (including phenoxy) is 1. The van der Waals surface area contributed by atoms with Gasteiger partial charge >= 0.3 is 37.7 Å². The van der Waals surface area contributed by atoms with E-state index in [1.807, 2.05) is 0 Å². The first kappa shape index (κ1) is 15.7. The molecule has 0 aromatic rings. The van der Waals surface area contributed by atoms with Crippen molar-refractivity contribution in [2.24, 2.45) is 0 Å². The Hall–Kier alpha value is 0.335. The van der Waals surface area contributed by atoms with Gasteiger partial charge in [0, 0.05) is 0 Å². The molecule has 0 spiro atoms. The number of hydrogen-bond donors (Lipinski definition) is 0. The normalized spacial score (nSPS) is 4.00. The fourth-order valence-corrected chi connectivity index (χ4v) is 0.0170. The second-order valence-electron chi connectivity index (χ2n) is 0.269. The van der Waals surface area contributed by atoms with Crippen molar-refractivity contribution in [1.29, 1.82) is 0 Å². The van der Waals surface area contributed by atoms with Crippen molar-refractivity contribution in [3.8, 4) is 0 Å². The quantitative estimate of drug-likeness (QED) is 0.190. The number of hydrogen-bond acceptors (Lipinski definition) is 3. The van der Waals surface area contributed by atoms with Gasteiger partial charge in [-0.05, 0) is 0 Å². The van der Waals surface area contributed by atoms with E-state index in [2.05, 4.69) is 4.74 Å². The van der Waals surface area contributed by atoms with Gasteiger partial charge in [0.25, 0.3) is 0 Å². The molecule has 0 rings (SSSR count). The van der Waals surface area contributed by atoms with Crippen LogP contribution in [0.25, 0.3) is 0 Å². The zero-order chi connectivity index (χ0) is 4.12. The van der Waals surface area contributed by atoms with Gasteiger partial charge in [-0.15, -0.1) is 12.9 Å². The second-order valence-corrected chi connectivity index (χ2v) is 0.269. The summed E-state index contributed by atoms with van der Waals surface area (Å²) < 4.78 is 3.22. The first-order chi connectivity index (χ1) is 2.41. The van der Waals surface area contributed by atoms with Crippen LogP contribution >= 0.6 is 0 Å². The third-order valence-electron chi connectivity index (χ3n) is 0.0833. The van der Waals surface area contributed by atoms with E-state index in [0.717, 1.165) is 12.9 Å². The molecule has 3 nitrogen and oxygen atoms in total. The maximum Gasteiger partial charge on any atom is 1.00 e. The maximum absolute atomic E-state index is 8.80. The first-order valence-electron chi connectivity index (χ1n) is 0.816. The van der Waals surface area contributed by atoms with E-state index >= 15 is 0 Å². The van der Waals surface area contributed by atoms with Crippen LogP contribution in [0.3, 0.4) is 0 Å². The Morgan fingerprint density at radius 1 is 1.00 bits per heavy atom. The van der Waals surface area contributed by atoms with Gasteiger partial charge in [0.1, 0.15) is 0 Å². The average molecular weight is 85.9 g/mol. The van der Waals surface area contributed by atoms with Gasteiger partial charge in [0.2, 0.25) is 0 Å². The van der Waals surface area contributed by atoms with Crippen LogP contribution in [-0.4, -0.2) is 12.9 Å². The fraction of sp³-hybridized carbons (Fsp3) is 0. The van der Waals surface area contributed by atoms with Crippen LogP contribution in [0.1, 0.15) is 0 Å². The molecular formula is C2Li2O3. The smallest absolute Gasteiger partial charge is 0.783 e. The molecule has 0 aliphatic heterocycles. The predicted octanol–water partition coefficient (Wildman–Crippen LogP) is -6.85. The number of carbonyl (C=O) groups excluding carboxylic acids is 2. The van der Waals surface area contributed by atoms with Crippen molar-refractivity contribution in [2.75, 3.05) is 0 Å². The Kier molecular flexibility index (Phi) is 36.3. The first-order valence-corrected chi connectivity index (χ1v) is 0.816. The van der Waals surface area contributed by atoms with E-state index in [1.165, 1.54) is 0 Å². The Bertz CT molecular complexity index is 40.2. The van der Waals surface area contributed by atoms with Crippen LogP contribution in [-0.2, 0) is 14.3 Å². The van der Waals surface area contributed by atoms with Crippen molar-refractivity contribution in [3.05, 3.63) is 0 Å². The van der Waals surface area contributed by atoms with Gasteiger partial charge in [0.05, 0.1) is 0 Å². The molecule has 0 amide bonds.